The fourth-order valence-corrected chi connectivity index (χ4v) is 3.11. The summed E-state index contributed by atoms with van der Waals surface area (Å²) >= 11 is 0. The lowest BCUT2D eigenvalue weighted by Crippen LogP contribution is -2.09. The number of carbonyl (C=O) groups is 1. The predicted octanol–water partition coefficient (Wildman–Crippen LogP) is 2.40. The number of ether oxygens (including phenoxy) is 4. The molecule has 8 heteroatoms. The SMILES string of the molecule is CCOC(=O)c1[nH]c(CN)c(-c2ccc(OC)c(OC)c2OC)c1C(C)O. The molecule has 0 aliphatic carbocycles. The number of methoxy groups -OCH3 is 3. The van der Waals surface area contributed by atoms with Crippen molar-refractivity contribution < 1.29 is 28.8 Å². The van der Waals surface area contributed by atoms with Gasteiger partial charge in [0.25, 0.3) is 0 Å². The molecule has 0 amide bonds. The number of aliphatic hydroxyl groups excluding tert-OH is 1. The Labute approximate surface area is 158 Å². The number of rotatable bonds is 8. The summed E-state index contributed by atoms with van der Waals surface area (Å²) < 4.78 is 21.4. The average Bonchev–Trinajstić information content (AvgIpc) is 3.06. The van der Waals surface area contributed by atoms with Crippen LogP contribution < -0.4 is 19.9 Å². The lowest BCUT2D eigenvalue weighted by molar-refractivity contribution is 0.0513. The second-order valence-corrected chi connectivity index (χ2v) is 5.75. The Morgan fingerprint density at radius 1 is 1.19 bits per heavy atom. The average molecular weight is 378 g/mol. The maximum atomic E-state index is 12.4. The second kappa shape index (κ2) is 8.79. The lowest BCUT2D eigenvalue weighted by Gasteiger charge is -2.18. The first-order valence-corrected chi connectivity index (χ1v) is 8.54. The van der Waals surface area contributed by atoms with E-state index in [0.29, 0.717) is 39.6 Å². The molecule has 1 aromatic heterocycles. The minimum atomic E-state index is -0.950. The largest absolute Gasteiger partial charge is 0.493 e. The van der Waals surface area contributed by atoms with E-state index < -0.39 is 12.1 Å². The van der Waals surface area contributed by atoms with Crippen LogP contribution in [0.25, 0.3) is 11.1 Å². The van der Waals surface area contributed by atoms with Gasteiger partial charge in [0.15, 0.2) is 11.5 Å². The van der Waals surface area contributed by atoms with Gasteiger partial charge in [0.2, 0.25) is 5.75 Å². The Morgan fingerprint density at radius 2 is 1.85 bits per heavy atom. The molecule has 0 radical (unpaired) electrons. The fourth-order valence-electron chi connectivity index (χ4n) is 3.11. The van der Waals surface area contributed by atoms with E-state index in [4.69, 9.17) is 24.7 Å². The Kier molecular flexibility index (Phi) is 6.70. The highest BCUT2D eigenvalue weighted by atomic mass is 16.5. The van der Waals surface area contributed by atoms with Gasteiger partial charge >= 0.3 is 5.97 Å². The third kappa shape index (κ3) is 3.72. The number of aliphatic hydroxyl groups is 1. The van der Waals surface area contributed by atoms with Gasteiger partial charge in [-0.2, -0.15) is 0 Å². The summed E-state index contributed by atoms with van der Waals surface area (Å²) in [6, 6.07) is 3.49. The number of carbonyl (C=O) groups excluding carboxylic acids is 1. The molecule has 27 heavy (non-hydrogen) atoms. The molecule has 0 spiro atoms. The number of hydrogen-bond donors (Lipinski definition) is 3. The van der Waals surface area contributed by atoms with Crippen molar-refractivity contribution in [3.05, 3.63) is 29.1 Å². The van der Waals surface area contributed by atoms with E-state index in [0.717, 1.165) is 0 Å². The summed E-state index contributed by atoms with van der Waals surface area (Å²) in [6.45, 7) is 3.62. The molecule has 148 valence electrons. The van der Waals surface area contributed by atoms with Crippen molar-refractivity contribution >= 4 is 5.97 Å². The van der Waals surface area contributed by atoms with Crippen LogP contribution in [0, 0.1) is 0 Å². The van der Waals surface area contributed by atoms with Crippen LogP contribution in [-0.2, 0) is 11.3 Å². The summed E-state index contributed by atoms with van der Waals surface area (Å²) in [5.41, 5.74) is 8.21. The number of H-pyrrole nitrogens is 1. The van der Waals surface area contributed by atoms with Gasteiger partial charge in [-0.3, -0.25) is 0 Å². The number of nitrogens with one attached hydrogen (secondary N) is 1. The first-order chi connectivity index (χ1) is 12.9. The zero-order valence-corrected chi connectivity index (χ0v) is 16.2. The Morgan fingerprint density at radius 3 is 2.33 bits per heavy atom. The van der Waals surface area contributed by atoms with Gasteiger partial charge in [-0.05, 0) is 26.0 Å². The second-order valence-electron chi connectivity index (χ2n) is 5.75. The van der Waals surface area contributed by atoms with Crippen molar-refractivity contribution in [1.29, 1.82) is 0 Å². The Bertz CT molecular complexity index is 813. The van der Waals surface area contributed by atoms with Gasteiger partial charge in [-0.1, -0.05) is 0 Å². The van der Waals surface area contributed by atoms with Gasteiger partial charge in [-0.15, -0.1) is 0 Å². The number of aromatic amines is 1. The molecular weight excluding hydrogens is 352 g/mol. The topological polar surface area (TPSA) is 116 Å². The van der Waals surface area contributed by atoms with Crippen molar-refractivity contribution in [2.75, 3.05) is 27.9 Å². The van der Waals surface area contributed by atoms with Crippen LogP contribution in [0.5, 0.6) is 17.2 Å². The molecular formula is C19H26N2O6. The van der Waals surface area contributed by atoms with Gasteiger partial charge in [0, 0.05) is 28.9 Å². The molecule has 0 saturated carbocycles. The molecule has 1 heterocycles. The summed E-state index contributed by atoms with van der Waals surface area (Å²) in [5, 5.41) is 10.4. The minimum absolute atomic E-state index is 0.117. The Hall–Kier alpha value is -2.71. The maximum absolute atomic E-state index is 12.4. The van der Waals surface area contributed by atoms with Crippen LogP contribution in [0.2, 0.25) is 0 Å². The quantitative estimate of drug-likeness (QED) is 0.604. The molecule has 4 N–H and O–H groups in total. The standard InChI is InChI=1S/C19H26N2O6/c1-6-27-19(23)16-14(10(2)22)15(12(9-20)21-16)11-7-8-13(24-3)18(26-5)17(11)25-4/h7-8,10,21-22H,6,9,20H2,1-5H3. The van der Waals surface area contributed by atoms with Crippen LogP contribution >= 0.6 is 0 Å². The van der Waals surface area contributed by atoms with E-state index >= 15 is 0 Å². The van der Waals surface area contributed by atoms with Crippen LogP contribution in [0.15, 0.2) is 12.1 Å². The first kappa shape index (κ1) is 20.6. The first-order valence-electron chi connectivity index (χ1n) is 8.54. The van der Waals surface area contributed by atoms with Crippen molar-refractivity contribution in [2.24, 2.45) is 5.73 Å². The minimum Gasteiger partial charge on any atom is -0.493 e. The van der Waals surface area contributed by atoms with Crippen molar-refractivity contribution in [3.63, 3.8) is 0 Å². The molecule has 2 rings (SSSR count). The van der Waals surface area contributed by atoms with Crippen LogP contribution in [0.3, 0.4) is 0 Å². The van der Waals surface area contributed by atoms with Gasteiger partial charge in [0.1, 0.15) is 5.69 Å². The number of esters is 1. The molecule has 0 aliphatic heterocycles. The summed E-state index contributed by atoms with van der Waals surface area (Å²) in [6.07, 6.45) is -0.950. The van der Waals surface area contributed by atoms with E-state index in [1.165, 1.54) is 21.3 Å². The summed E-state index contributed by atoms with van der Waals surface area (Å²) in [7, 11) is 4.53. The Balaban J connectivity index is 2.84. The third-order valence-electron chi connectivity index (χ3n) is 4.19. The highest BCUT2D eigenvalue weighted by molar-refractivity contribution is 5.94. The van der Waals surface area contributed by atoms with Crippen molar-refractivity contribution in [1.82, 2.24) is 4.98 Å². The smallest absolute Gasteiger partial charge is 0.355 e. The zero-order chi connectivity index (χ0) is 20.1. The lowest BCUT2D eigenvalue weighted by atomic mass is 9.95. The third-order valence-corrected chi connectivity index (χ3v) is 4.19. The molecule has 0 saturated heterocycles. The highest BCUT2D eigenvalue weighted by Crippen LogP contribution is 2.47. The number of benzene rings is 1. The summed E-state index contributed by atoms with van der Waals surface area (Å²) in [5.74, 6) is 0.736. The van der Waals surface area contributed by atoms with Crippen molar-refractivity contribution in [3.8, 4) is 28.4 Å². The van der Waals surface area contributed by atoms with E-state index in [-0.39, 0.29) is 18.8 Å². The monoisotopic (exact) mass is 378 g/mol. The fraction of sp³-hybridized carbons (Fsp3) is 0.421. The molecule has 1 atom stereocenters. The van der Waals surface area contributed by atoms with Crippen molar-refractivity contribution in [2.45, 2.75) is 26.5 Å². The van der Waals surface area contributed by atoms with Gasteiger partial charge < -0.3 is 34.8 Å². The van der Waals surface area contributed by atoms with E-state index in [1.807, 2.05) is 0 Å². The van der Waals surface area contributed by atoms with Crippen LogP contribution in [0.4, 0.5) is 0 Å². The molecule has 0 aliphatic rings. The number of hydrogen-bond acceptors (Lipinski definition) is 7. The molecule has 1 unspecified atom stereocenters. The van der Waals surface area contributed by atoms with E-state index in [1.54, 1.807) is 26.0 Å². The molecule has 0 fully saturated rings. The van der Waals surface area contributed by atoms with E-state index in [9.17, 15) is 9.90 Å². The zero-order valence-electron chi connectivity index (χ0n) is 16.2. The maximum Gasteiger partial charge on any atom is 0.355 e. The van der Waals surface area contributed by atoms with Gasteiger partial charge in [0.05, 0.1) is 34.0 Å². The molecule has 1 aromatic carbocycles. The molecule has 8 nitrogen and oxygen atoms in total. The highest BCUT2D eigenvalue weighted by Gasteiger charge is 2.29. The predicted molar refractivity (Wildman–Crippen MR) is 100 cm³/mol. The van der Waals surface area contributed by atoms with Crippen LogP contribution in [-0.4, -0.2) is 44.0 Å². The number of aromatic nitrogens is 1. The van der Waals surface area contributed by atoms with Gasteiger partial charge in [-0.25, -0.2) is 4.79 Å². The van der Waals surface area contributed by atoms with E-state index in [2.05, 4.69) is 4.98 Å². The molecule has 0 bridgehead atoms. The summed E-state index contributed by atoms with van der Waals surface area (Å²) in [4.78, 5) is 15.4. The van der Waals surface area contributed by atoms with Crippen LogP contribution in [0.1, 0.15) is 41.7 Å². The molecule has 2 aromatic rings. The number of nitrogens with two attached hydrogens (primary N) is 1. The normalized spacial score (nSPS) is 11.8.